The molecule has 0 bridgehead atoms. The molecule has 1 spiro atoms. The molecule has 2 aliphatic rings. The fourth-order valence-electron chi connectivity index (χ4n) is 3.71. The van der Waals surface area contributed by atoms with Crippen LogP contribution >= 0.6 is 15.9 Å². The number of rotatable bonds is 1. The van der Waals surface area contributed by atoms with E-state index >= 15 is 0 Å². The van der Waals surface area contributed by atoms with E-state index in [1.54, 1.807) is 6.07 Å². The maximum Gasteiger partial charge on any atom is 0.139 e. The SMILES string of the molecule is Cc1cc(Br)c(F)cc1N1CC2(CCCCCC2)C1. The van der Waals surface area contributed by atoms with Crippen LogP contribution in [0.5, 0.6) is 0 Å². The molecule has 0 amide bonds. The van der Waals surface area contributed by atoms with Crippen LogP contribution in [0.1, 0.15) is 44.1 Å². The number of halogens is 2. The summed E-state index contributed by atoms with van der Waals surface area (Å²) in [7, 11) is 0. The Bertz CT molecular complexity index is 470. The van der Waals surface area contributed by atoms with Crippen LogP contribution in [0.15, 0.2) is 16.6 Å². The van der Waals surface area contributed by atoms with Gasteiger partial charge in [-0.05, 0) is 53.4 Å². The molecule has 3 heteroatoms. The summed E-state index contributed by atoms with van der Waals surface area (Å²) >= 11 is 3.26. The second-order valence-electron chi connectivity index (χ2n) is 6.32. The molecule has 1 saturated heterocycles. The van der Waals surface area contributed by atoms with Crippen molar-refractivity contribution in [3.05, 3.63) is 28.0 Å². The summed E-state index contributed by atoms with van der Waals surface area (Å²) in [5.41, 5.74) is 2.78. The Kier molecular flexibility index (Phi) is 3.59. The maximum absolute atomic E-state index is 13.7. The van der Waals surface area contributed by atoms with Gasteiger partial charge in [-0.2, -0.15) is 0 Å². The van der Waals surface area contributed by atoms with Gasteiger partial charge in [0.15, 0.2) is 0 Å². The number of hydrogen-bond acceptors (Lipinski definition) is 1. The summed E-state index contributed by atoms with van der Waals surface area (Å²) in [5, 5.41) is 0. The average molecular weight is 326 g/mol. The van der Waals surface area contributed by atoms with E-state index in [0.717, 1.165) is 24.3 Å². The topological polar surface area (TPSA) is 3.24 Å². The van der Waals surface area contributed by atoms with Crippen molar-refractivity contribution in [1.29, 1.82) is 0 Å². The van der Waals surface area contributed by atoms with Gasteiger partial charge in [-0.25, -0.2) is 4.39 Å². The van der Waals surface area contributed by atoms with E-state index in [2.05, 4.69) is 27.8 Å². The molecule has 104 valence electrons. The second kappa shape index (κ2) is 5.08. The summed E-state index contributed by atoms with van der Waals surface area (Å²) in [6.45, 7) is 4.31. The highest BCUT2D eigenvalue weighted by Gasteiger charge is 2.43. The molecule has 0 aromatic heterocycles. The van der Waals surface area contributed by atoms with E-state index in [1.165, 1.54) is 38.5 Å². The molecule has 1 heterocycles. The Morgan fingerprint density at radius 3 is 2.37 bits per heavy atom. The first-order chi connectivity index (χ1) is 9.10. The van der Waals surface area contributed by atoms with Crippen LogP contribution in [0, 0.1) is 18.2 Å². The van der Waals surface area contributed by atoms with Crippen LogP contribution < -0.4 is 4.90 Å². The molecule has 0 atom stereocenters. The van der Waals surface area contributed by atoms with Gasteiger partial charge >= 0.3 is 0 Å². The molecule has 1 aromatic rings. The average Bonchev–Trinajstić information content (AvgIpc) is 2.58. The molecule has 1 aliphatic heterocycles. The highest BCUT2D eigenvalue weighted by molar-refractivity contribution is 9.10. The zero-order chi connectivity index (χ0) is 13.5. The lowest BCUT2D eigenvalue weighted by molar-refractivity contribution is 0.180. The Morgan fingerprint density at radius 2 is 1.74 bits per heavy atom. The predicted molar refractivity (Wildman–Crippen MR) is 81.2 cm³/mol. The van der Waals surface area contributed by atoms with E-state index in [-0.39, 0.29) is 5.82 Å². The third-order valence-corrected chi connectivity index (χ3v) is 5.40. The van der Waals surface area contributed by atoms with Crippen LogP contribution in [0.4, 0.5) is 10.1 Å². The third kappa shape index (κ3) is 2.54. The fourth-order valence-corrected chi connectivity index (χ4v) is 4.16. The van der Waals surface area contributed by atoms with E-state index in [4.69, 9.17) is 0 Å². The molecule has 2 fully saturated rings. The third-order valence-electron chi connectivity index (χ3n) is 4.80. The number of nitrogens with zero attached hydrogens (tertiary/aromatic N) is 1. The lowest BCUT2D eigenvalue weighted by atomic mass is 9.73. The van der Waals surface area contributed by atoms with Crippen LogP contribution in [0.2, 0.25) is 0 Å². The minimum absolute atomic E-state index is 0.151. The molecule has 1 saturated carbocycles. The quantitative estimate of drug-likeness (QED) is 0.697. The molecule has 19 heavy (non-hydrogen) atoms. The number of hydrogen-bond donors (Lipinski definition) is 0. The van der Waals surface area contributed by atoms with Crippen molar-refractivity contribution in [3.8, 4) is 0 Å². The Balaban J connectivity index is 1.74. The Labute approximate surface area is 123 Å². The molecule has 0 radical (unpaired) electrons. The van der Waals surface area contributed by atoms with Gasteiger partial charge in [0.1, 0.15) is 5.82 Å². The zero-order valence-electron chi connectivity index (χ0n) is 11.5. The molecule has 1 aromatic carbocycles. The monoisotopic (exact) mass is 325 g/mol. The van der Waals surface area contributed by atoms with E-state index in [9.17, 15) is 4.39 Å². The van der Waals surface area contributed by atoms with E-state index in [0.29, 0.717) is 9.89 Å². The second-order valence-corrected chi connectivity index (χ2v) is 7.18. The smallest absolute Gasteiger partial charge is 0.139 e. The first-order valence-corrected chi connectivity index (χ1v) is 8.10. The molecule has 0 N–H and O–H groups in total. The van der Waals surface area contributed by atoms with Crippen LogP contribution in [-0.2, 0) is 0 Å². The normalized spacial score (nSPS) is 22.2. The van der Waals surface area contributed by atoms with Crippen molar-refractivity contribution in [1.82, 2.24) is 0 Å². The largest absolute Gasteiger partial charge is 0.370 e. The van der Waals surface area contributed by atoms with Gasteiger partial charge in [0, 0.05) is 24.2 Å². The van der Waals surface area contributed by atoms with Gasteiger partial charge in [0.25, 0.3) is 0 Å². The van der Waals surface area contributed by atoms with Crippen LogP contribution in [-0.4, -0.2) is 13.1 Å². The first-order valence-electron chi connectivity index (χ1n) is 7.30. The molecule has 1 aliphatic carbocycles. The van der Waals surface area contributed by atoms with Gasteiger partial charge in [0.05, 0.1) is 4.47 Å². The highest BCUT2D eigenvalue weighted by atomic mass is 79.9. The van der Waals surface area contributed by atoms with E-state index in [1.807, 2.05) is 6.07 Å². The summed E-state index contributed by atoms with van der Waals surface area (Å²) in [6.07, 6.45) is 8.27. The summed E-state index contributed by atoms with van der Waals surface area (Å²) in [5.74, 6) is -0.151. The van der Waals surface area contributed by atoms with Crippen molar-refractivity contribution >= 4 is 21.6 Å². The number of anilines is 1. The molecule has 1 nitrogen and oxygen atoms in total. The summed E-state index contributed by atoms with van der Waals surface area (Å²) in [6, 6.07) is 3.58. The zero-order valence-corrected chi connectivity index (χ0v) is 13.1. The standard InChI is InChI=1S/C16H21BrFN/c1-12-8-13(17)14(18)9-15(12)19-10-16(11-19)6-4-2-3-5-7-16/h8-9H,2-7,10-11H2,1H3. The molecular weight excluding hydrogens is 305 g/mol. The lowest BCUT2D eigenvalue weighted by Gasteiger charge is -2.52. The van der Waals surface area contributed by atoms with E-state index < -0.39 is 0 Å². The van der Waals surface area contributed by atoms with Crippen LogP contribution in [0.25, 0.3) is 0 Å². The van der Waals surface area contributed by atoms with Gasteiger partial charge in [0.2, 0.25) is 0 Å². The lowest BCUT2D eigenvalue weighted by Crippen LogP contribution is -2.56. The Hall–Kier alpha value is -0.570. The van der Waals surface area contributed by atoms with Gasteiger partial charge in [-0.3, -0.25) is 0 Å². The van der Waals surface area contributed by atoms with Crippen molar-refractivity contribution < 1.29 is 4.39 Å². The predicted octanol–water partition coefficient (Wildman–Crippen LogP) is 5.06. The molecule has 0 unspecified atom stereocenters. The molecule has 3 rings (SSSR count). The van der Waals surface area contributed by atoms with Crippen molar-refractivity contribution in [2.24, 2.45) is 5.41 Å². The van der Waals surface area contributed by atoms with Crippen molar-refractivity contribution in [3.63, 3.8) is 0 Å². The van der Waals surface area contributed by atoms with Crippen LogP contribution in [0.3, 0.4) is 0 Å². The number of benzene rings is 1. The minimum atomic E-state index is -0.151. The maximum atomic E-state index is 13.7. The minimum Gasteiger partial charge on any atom is -0.370 e. The summed E-state index contributed by atoms with van der Waals surface area (Å²) in [4.78, 5) is 2.36. The number of aryl methyl sites for hydroxylation is 1. The van der Waals surface area contributed by atoms with Gasteiger partial charge in [-0.15, -0.1) is 0 Å². The fraction of sp³-hybridized carbons (Fsp3) is 0.625. The van der Waals surface area contributed by atoms with Crippen molar-refractivity contribution in [2.45, 2.75) is 45.4 Å². The van der Waals surface area contributed by atoms with Gasteiger partial charge < -0.3 is 4.90 Å². The van der Waals surface area contributed by atoms with Gasteiger partial charge in [-0.1, -0.05) is 25.7 Å². The highest BCUT2D eigenvalue weighted by Crippen LogP contribution is 2.45. The first kappa shape index (κ1) is 13.4. The summed E-state index contributed by atoms with van der Waals surface area (Å²) < 4.78 is 14.3. The Morgan fingerprint density at radius 1 is 1.11 bits per heavy atom. The molecular formula is C16H21BrFN. The van der Waals surface area contributed by atoms with Crippen molar-refractivity contribution in [2.75, 3.05) is 18.0 Å².